The molecule has 14 heavy (non-hydrogen) atoms. The molecular formula is C7H9Cl2F3N2. The lowest BCUT2D eigenvalue weighted by Gasteiger charge is -2.04. The molecule has 0 aliphatic rings. The van der Waals surface area contributed by atoms with Gasteiger partial charge >= 0.3 is 0 Å². The van der Waals surface area contributed by atoms with Gasteiger partial charge in [-0.25, -0.2) is 13.2 Å². The molecule has 0 saturated heterocycles. The van der Waals surface area contributed by atoms with Crippen molar-refractivity contribution >= 4 is 24.0 Å². The zero-order valence-corrected chi connectivity index (χ0v) is 8.53. The summed E-state index contributed by atoms with van der Waals surface area (Å²) in [6.07, 6.45) is -4.24. The van der Waals surface area contributed by atoms with Crippen molar-refractivity contribution in [2.45, 2.75) is 12.6 Å². The molecule has 1 aromatic heterocycles. The first-order valence-corrected chi connectivity index (χ1v) is 3.52. The highest BCUT2D eigenvalue weighted by molar-refractivity contribution is 6.30. The summed E-state index contributed by atoms with van der Waals surface area (Å²) in [6.45, 7) is 0. The molecule has 0 spiro atoms. The van der Waals surface area contributed by atoms with Crippen LogP contribution < -0.4 is 6.15 Å². The van der Waals surface area contributed by atoms with Crippen molar-refractivity contribution in [1.29, 1.82) is 0 Å². The molecule has 1 heterocycles. The Morgan fingerprint density at radius 3 is 2.14 bits per heavy atom. The van der Waals surface area contributed by atoms with Crippen molar-refractivity contribution in [3.63, 3.8) is 0 Å². The fourth-order valence-electron chi connectivity index (χ4n) is 0.679. The molecule has 0 aliphatic carbocycles. The minimum atomic E-state index is -3.04. The summed E-state index contributed by atoms with van der Waals surface area (Å²) >= 11 is 5.42. The highest BCUT2D eigenvalue weighted by Gasteiger charge is 2.22. The fraction of sp³-hybridized carbons (Fsp3) is 0.286. The number of hydrogen-bond acceptors (Lipinski definition) is 2. The number of rotatable bonds is 2. The quantitative estimate of drug-likeness (QED) is 0.870. The lowest BCUT2D eigenvalue weighted by molar-refractivity contribution is 0.0473. The van der Waals surface area contributed by atoms with Crippen LogP contribution in [0.4, 0.5) is 13.2 Å². The second-order valence-electron chi connectivity index (χ2n) is 2.14. The molecule has 3 N–H and O–H groups in total. The van der Waals surface area contributed by atoms with Gasteiger partial charge in [-0.2, -0.15) is 0 Å². The van der Waals surface area contributed by atoms with Crippen molar-refractivity contribution in [2.75, 3.05) is 0 Å². The third kappa shape index (κ3) is 4.13. The summed E-state index contributed by atoms with van der Waals surface area (Å²) in [6, 6.07) is 2.46. The van der Waals surface area contributed by atoms with Gasteiger partial charge in [-0.1, -0.05) is 11.6 Å². The van der Waals surface area contributed by atoms with Gasteiger partial charge in [0.25, 0.3) is 6.43 Å². The third-order valence-corrected chi connectivity index (χ3v) is 1.48. The highest BCUT2D eigenvalue weighted by Crippen LogP contribution is 2.23. The standard InChI is InChI=1S/C7H5ClF3N.ClH.H3N/c8-4-1-2-5(12-3-4)6(9)7(10)11;;/h1-3,6-7H;1H;1H3/t6-;;/m1../s1. The number of pyridine rings is 1. The summed E-state index contributed by atoms with van der Waals surface area (Å²) in [4.78, 5) is 3.41. The summed E-state index contributed by atoms with van der Waals surface area (Å²) < 4.78 is 36.1. The number of hydrogen-bond donors (Lipinski definition) is 1. The van der Waals surface area contributed by atoms with Crippen LogP contribution in [-0.4, -0.2) is 11.4 Å². The molecule has 1 rings (SSSR count). The molecule has 0 radical (unpaired) electrons. The van der Waals surface area contributed by atoms with Crippen LogP contribution in [0.2, 0.25) is 5.02 Å². The highest BCUT2D eigenvalue weighted by atomic mass is 35.5. The summed E-state index contributed by atoms with van der Waals surface area (Å²) in [7, 11) is 0. The molecule has 0 aromatic carbocycles. The van der Waals surface area contributed by atoms with Crippen molar-refractivity contribution in [2.24, 2.45) is 0 Å². The largest absolute Gasteiger partial charge is 0.344 e. The summed E-state index contributed by atoms with van der Waals surface area (Å²) in [5.74, 6) is 0. The lowest BCUT2D eigenvalue weighted by atomic mass is 10.2. The van der Waals surface area contributed by atoms with E-state index in [-0.39, 0.29) is 24.3 Å². The van der Waals surface area contributed by atoms with Crippen LogP contribution in [-0.2, 0) is 0 Å². The zero-order valence-electron chi connectivity index (χ0n) is 6.96. The normalized spacial score (nSPS) is 11.5. The van der Waals surface area contributed by atoms with Crippen LogP contribution in [0, 0.1) is 0 Å². The second-order valence-corrected chi connectivity index (χ2v) is 2.57. The maximum atomic E-state index is 12.5. The molecule has 1 atom stereocenters. The molecule has 0 fully saturated rings. The fourth-order valence-corrected chi connectivity index (χ4v) is 0.791. The molecule has 2 nitrogen and oxygen atoms in total. The number of aromatic nitrogens is 1. The first-order valence-electron chi connectivity index (χ1n) is 3.15. The number of nitrogens with zero attached hydrogens (tertiary/aromatic N) is 1. The Bertz CT molecular complexity index is 256. The molecule has 7 heteroatoms. The van der Waals surface area contributed by atoms with Crippen molar-refractivity contribution in [3.8, 4) is 0 Å². The predicted octanol–water partition coefficient (Wildman–Crippen LogP) is 3.59. The van der Waals surface area contributed by atoms with Gasteiger partial charge in [0.2, 0.25) is 6.17 Å². The molecule has 82 valence electrons. The van der Waals surface area contributed by atoms with Crippen molar-refractivity contribution < 1.29 is 13.2 Å². The van der Waals surface area contributed by atoms with Crippen LogP contribution >= 0.6 is 24.0 Å². The SMILES string of the molecule is Cl.FC(F)[C@H](F)c1ccc(Cl)cn1.N. The Balaban J connectivity index is 0. The number of alkyl halides is 3. The van der Waals surface area contributed by atoms with Crippen LogP contribution in [0.5, 0.6) is 0 Å². The maximum Gasteiger partial charge on any atom is 0.275 e. The van der Waals surface area contributed by atoms with Crippen molar-refractivity contribution in [1.82, 2.24) is 11.1 Å². The Hall–Kier alpha value is -0.520. The molecule has 0 aliphatic heterocycles. The van der Waals surface area contributed by atoms with E-state index in [1.54, 1.807) is 0 Å². The van der Waals surface area contributed by atoms with Gasteiger partial charge in [-0.15, -0.1) is 12.4 Å². The minimum absolute atomic E-state index is 0. The van der Waals surface area contributed by atoms with Gasteiger partial charge in [0.1, 0.15) is 0 Å². The topological polar surface area (TPSA) is 47.9 Å². The Morgan fingerprint density at radius 1 is 1.21 bits per heavy atom. The van der Waals surface area contributed by atoms with E-state index in [0.717, 1.165) is 12.3 Å². The molecule has 0 amide bonds. The molecule has 1 aromatic rings. The number of halogens is 5. The molecule has 0 unspecified atom stereocenters. The summed E-state index contributed by atoms with van der Waals surface area (Å²) in [5.41, 5.74) is -0.297. The smallest absolute Gasteiger partial charge is 0.275 e. The molecule has 0 saturated carbocycles. The van der Waals surface area contributed by atoms with Crippen molar-refractivity contribution in [3.05, 3.63) is 29.0 Å². The van der Waals surface area contributed by atoms with Gasteiger partial charge in [0, 0.05) is 6.20 Å². The van der Waals surface area contributed by atoms with E-state index < -0.39 is 12.6 Å². The van der Waals surface area contributed by atoms with E-state index in [2.05, 4.69) is 4.98 Å². The minimum Gasteiger partial charge on any atom is -0.344 e. The van der Waals surface area contributed by atoms with Gasteiger partial charge in [-0.3, -0.25) is 4.98 Å². The van der Waals surface area contributed by atoms with E-state index in [9.17, 15) is 13.2 Å². The predicted molar refractivity (Wildman–Crippen MR) is 51.4 cm³/mol. The lowest BCUT2D eigenvalue weighted by Crippen LogP contribution is -2.04. The first kappa shape index (κ1) is 15.9. The second kappa shape index (κ2) is 6.86. The molecular weight excluding hydrogens is 240 g/mol. The Morgan fingerprint density at radius 2 is 1.79 bits per heavy atom. The van der Waals surface area contributed by atoms with Gasteiger partial charge in [0.15, 0.2) is 0 Å². The summed E-state index contributed by atoms with van der Waals surface area (Å²) in [5, 5.41) is 0.292. The Labute approximate surface area is 90.5 Å². The van der Waals surface area contributed by atoms with Gasteiger partial charge < -0.3 is 6.15 Å². The molecule has 0 bridgehead atoms. The third-order valence-electron chi connectivity index (χ3n) is 1.25. The van der Waals surface area contributed by atoms with Gasteiger partial charge in [0.05, 0.1) is 10.7 Å². The average Bonchev–Trinajstić information content (AvgIpc) is 2.04. The maximum absolute atomic E-state index is 12.5. The van der Waals surface area contributed by atoms with Crippen LogP contribution in [0.15, 0.2) is 18.3 Å². The first-order chi connectivity index (χ1) is 5.61. The van der Waals surface area contributed by atoms with E-state index in [4.69, 9.17) is 11.6 Å². The average molecular weight is 249 g/mol. The monoisotopic (exact) mass is 248 g/mol. The van der Waals surface area contributed by atoms with E-state index in [1.165, 1.54) is 6.07 Å². The van der Waals surface area contributed by atoms with E-state index in [0.29, 0.717) is 5.02 Å². The van der Waals surface area contributed by atoms with Crippen LogP contribution in [0.1, 0.15) is 11.9 Å². The van der Waals surface area contributed by atoms with E-state index >= 15 is 0 Å². The van der Waals surface area contributed by atoms with Gasteiger partial charge in [-0.05, 0) is 12.1 Å². The van der Waals surface area contributed by atoms with Crippen LogP contribution in [0.25, 0.3) is 0 Å². The van der Waals surface area contributed by atoms with Crippen LogP contribution in [0.3, 0.4) is 0 Å². The van der Waals surface area contributed by atoms with E-state index in [1.807, 2.05) is 0 Å². The zero-order chi connectivity index (χ0) is 9.14. The Kier molecular flexibility index (Phi) is 7.81.